The second kappa shape index (κ2) is 12.8. The van der Waals surface area contributed by atoms with Gasteiger partial charge in [-0.3, -0.25) is 14.5 Å². The number of hydrogen-bond acceptors (Lipinski definition) is 3. The van der Waals surface area contributed by atoms with E-state index < -0.39 is 48.4 Å². The number of nitrogens with zero attached hydrogens (tertiary/aromatic N) is 1. The lowest BCUT2D eigenvalue weighted by atomic mass is 9.79. The largest absolute Gasteiger partial charge is 0.397 e. The van der Waals surface area contributed by atoms with E-state index in [1.165, 1.54) is 12.2 Å². The number of hydrogen-bond donors (Lipinski definition) is 2. The molecule has 11 heteroatoms. The van der Waals surface area contributed by atoms with Crippen LogP contribution in [0.5, 0.6) is 0 Å². The van der Waals surface area contributed by atoms with Gasteiger partial charge in [0.15, 0.2) is 0 Å². The molecule has 0 spiro atoms. The SMILES string of the molecule is CC(C)(C)N1C[C@@H](C(=O)NCCCC(NC(=O)CC(F)(F)F)c2ccc(Cl)cc2)[C@H](C2C=CC(F)=CC2F)C1. The van der Waals surface area contributed by atoms with Crippen LogP contribution in [-0.4, -0.2) is 54.2 Å². The van der Waals surface area contributed by atoms with Gasteiger partial charge in [0.25, 0.3) is 0 Å². The zero-order valence-electron chi connectivity index (χ0n) is 22.2. The summed E-state index contributed by atoms with van der Waals surface area (Å²) in [6.07, 6.45) is -3.44. The highest BCUT2D eigenvalue weighted by atomic mass is 35.5. The van der Waals surface area contributed by atoms with Crippen LogP contribution < -0.4 is 10.6 Å². The van der Waals surface area contributed by atoms with E-state index in [9.17, 15) is 31.5 Å². The summed E-state index contributed by atoms with van der Waals surface area (Å²) in [6.45, 7) is 7.15. The number of carbonyl (C=O) groups excluding carboxylic acids is 2. The molecule has 5 atom stereocenters. The minimum absolute atomic E-state index is 0.213. The monoisotopic (exact) mass is 575 g/mol. The van der Waals surface area contributed by atoms with E-state index >= 15 is 0 Å². The topological polar surface area (TPSA) is 61.4 Å². The first-order valence-electron chi connectivity index (χ1n) is 13.0. The van der Waals surface area contributed by atoms with Gasteiger partial charge in [0, 0.05) is 36.1 Å². The Kier molecular flexibility index (Phi) is 10.2. The first-order valence-corrected chi connectivity index (χ1v) is 13.4. The summed E-state index contributed by atoms with van der Waals surface area (Å²) in [7, 11) is 0. The number of allylic oxidation sites excluding steroid dienone is 4. The Hall–Kier alpha value is -2.46. The smallest absolute Gasteiger partial charge is 0.356 e. The number of halogens is 6. The van der Waals surface area contributed by atoms with Crippen molar-refractivity contribution in [3.05, 3.63) is 58.9 Å². The van der Waals surface area contributed by atoms with Crippen molar-refractivity contribution in [2.24, 2.45) is 17.8 Å². The number of rotatable bonds is 9. The maximum Gasteiger partial charge on any atom is 0.397 e. The van der Waals surface area contributed by atoms with E-state index in [4.69, 9.17) is 11.6 Å². The quantitative estimate of drug-likeness (QED) is 0.278. The van der Waals surface area contributed by atoms with Crippen LogP contribution >= 0.6 is 11.6 Å². The van der Waals surface area contributed by atoms with Gasteiger partial charge in [-0.25, -0.2) is 8.78 Å². The third-order valence-electron chi connectivity index (χ3n) is 7.25. The van der Waals surface area contributed by atoms with E-state index in [-0.39, 0.29) is 30.3 Å². The summed E-state index contributed by atoms with van der Waals surface area (Å²) in [5.74, 6) is -3.55. The summed E-state index contributed by atoms with van der Waals surface area (Å²) >= 11 is 5.92. The molecule has 1 heterocycles. The molecule has 1 aromatic rings. The first-order chi connectivity index (χ1) is 18.1. The van der Waals surface area contributed by atoms with Gasteiger partial charge in [-0.1, -0.05) is 29.8 Å². The summed E-state index contributed by atoms with van der Waals surface area (Å²) in [4.78, 5) is 27.3. The number of nitrogens with one attached hydrogen (secondary N) is 2. The molecule has 0 saturated carbocycles. The third-order valence-corrected chi connectivity index (χ3v) is 7.50. The average molecular weight is 576 g/mol. The number of benzene rings is 1. The van der Waals surface area contributed by atoms with Crippen molar-refractivity contribution in [1.29, 1.82) is 0 Å². The van der Waals surface area contributed by atoms with Crippen LogP contribution in [0.4, 0.5) is 22.0 Å². The highest BCUT2D eigenvalue weighted by Crippen LogP contribution is 2.39. The lowest BCUT2D eigenvalue weighted by molar-refractivity contribution is -0.154. The van der Waals surface area contributed by atoms with Gasteiger partial charge in [-0.2, -0.15) is 13.2 Å². The van der Waals surface area contributed by atoms with E-state index in [1.807, 2.05) is 20.8 Å². The molecule has 39 heavy (non-hydrogen) atoms. The number of carbonyl (C=O) groups is 2. The van der Waals surface area contributed by atoms with Crippen molar-refractivity contribution in [1.82, 2.24) is 15.5 Å². The van der Waals surface area contributed by atoms with E-state index in [0.717, 1.165) is 6.08 Å². The highest BCUT2D eigenvalue weighted by Gasteiger charge is 2.46. The second-order valence-corrected chi connectivity index (χ2v) is 11.6. The molecule has 1 aromatic carbocycles. The molecule has 1 aliphatic heterocycles. The lowest BCUT2D eigenvalue weighted by Crippen LogP contribution is -2.41. The predicted molar refractivity (Wildman–Crippen MR) is 140 cm³/mol. The number of alkyl halides is 4. The maximum atomic E-state index is 14.8. The van der Waals surface area contributed by atoms with Crippen LogP contribution in [0, 0.1) is 17.8 Å². The normalized spacial score (nSPS) is 24.8. The summed E-state index contributed by atoms with van der Waals surface area (Å²) in [5.41, 5.74) is 0.343. The fourth-order valence-electron chi connectivity index (χ4n) is 5.14. The molecular weight excluding hydrogens is 541 g/mol. The minimum Gasteiger partial charge on any atom is -0.356 e. The molecule has 2 amide bonds. The van der Waals surface area contributed by atoms with Gasteiger partial charge >= 0.3 is 6.18 Å². The molecule has 5 nitrogen and oxygen atoms in total. The molecule has 1 saturated heterocycles. The Morgan fingerprint density at radius 2 is 1.79 bits per heavy atom. The predicted octanol–water partition coefficient (Wildman–Crippen LogP) is 6.07. The standard InChI is InChI=1S/C28H35ClF5N3O2/c1-27(2,3)37-15-21(20-11-10-19(30)13-23(20)31)22(16-37)26(39)35-12-4-5-24(17-6-8-18(29)9-7-17)36-25(38)14-28(32,33)34/h6-11,13,20-24H,4-5,12,14-16H2,1-3H3,(H,35,39)(H,36,38)/t20?,21-,22+,23?,24?/m0/s1. The van der Waals surface area contributed by atoms with Crippen LogP contribution in [-0.2, 0) is 9.59 Å². The van der Waals surface area contributed by atoms with Crippen molar-refractivity contribution >= 4 is 23.4 Å². The van der Waals surface area contributed by atoms with E-state index in [1.54, 1.807) is 24.3 Å². The van der Waals surface area contributed by atoms with Crippen LogP contribution in [0.1, 0.15) is 51.6 Å². The number of amides is 2. The van der Waals surface area contributed by atoms with Gasteiger partial charge in [0.1, 0.15) is 18.4 Å². The minimum atomic E-state index is -4.63. The van der Waals surface area contributed by atoms with Gasteiger partial charge in [-0.15, -0.1) is 0 Å². The fourth-order valence-corrected chi connectivity index (χ4v) is 5.27. The van der Waals surface area contributed by atoms with Crippen molar-refractivity contribution < 1.29 is 31.5 Å². The Labute approximate surface area is 230 Å². The fraction of sp³-hybridized carbons (Fsp3) is 0.571. The zero-order chi connectivity index (χ0) is 29.0. The van der Waals surface area contributed by atoms with Crippen molar-refractivity contribution in [3.8, 4) is 0 Å². The molecule has 2 N–H and O–H groups in total. The van der Waals surface area contributed by atoms with Crippen molar-refractivity contribution in [2.45, 2.75) is 64.0 Å². The molecule has 1 fully saturated rings. The Morgan fingerprint density at radius 3 is 2.38 bits per heavy atom. The first kappa shape index (κ1) is 31.1. The van der Waals surface area contributed by atoms with Gasteiger partial charge < -0.3 is 10.6 Å². The summed E-state index contributed by atoms with van der Waals surface area (Å²) in [6, 6.07) is 5.73. The van der Waals surface area contributed by atoms with Gasteiger partial charge in [0.05, 0.1) is 12.0 Å². The highest BCUT2D eigenvalue weighted by molar-refractivity contribution is 6.30. The molecule has 2 aliphatic rings. The van der Waals surface area contributed by atoms with E-state index in [0.29, 0.717) is 30.1 Å². The lowest BCUT2D eigenvalue weighted by Gasteiger charge is -2.32. The summed E-state index contributed by atoms with van der Waals surface area (Å²) in [5, 5.41) is 5.76. The molecule has 216 valence electrons. The third kappa shape index (κ3) is 9.03. The molecular formula is C28H35ClF5N3O2. The Bertz CT molecular complexity index is 1070. The zero-order valence-corrected chi connectivity index (χ0v) is 23.0. The summed E-state index contributed by atoms with van der Waals surface area (Å²) < 4.78 is 66.4. The van der Waals surface area contributed by atoms with Crippen LogP contribution in [0.25, 0.3) is 0 Å². The van der Waals surface area contributed by atoms with Crippen LogP contribution in [0.3, 0.4) is 0 Å². The van der Waals surface area contributed by atoms with E-state index in [2.05, 4.69) is 15.5 Å². The molecule has 1 aliphatic carbocycles. The Morgan fingerprint density at radius 1 is 1.13 bits per heavy atom. The molecule has 3 rings (SSSR count). The van der Waals surface area contributed by atoms with Crippen LogP contribution in [0.2, 0.25) is 5.02 Å². The van der Waals surface area contributed by atoms with Crippen LogP contribution in [0.15, 0.2) is 48.3 Å². The average Bonchev–Trinajstić information content (AvgIpc) is 3.26. The molecule has 0 aromatic heterocycles. The molecule has 0 radical (unpaired) electrons. The Balaban J connectivity index is 1.63. The maximum absolute atomic E-state index is 14.8. The molecule has 0 bridgehead atoms. The van der Waals surface area contributed by atoms with Gasteiger partial charge in [-0.05, 0) is 69.4 Å². The van der Waals surface area contributed by atoms with Crippen molar-refractivity contribution in [3.63, 3.8) is 0 Å². The van der Waals surface area contributed by atoms with Gasteiger partial charge in [0.2, 0.25) is 11.8 Å². The second-order valence-electron chi connectivity index (χ2n) is 11.2. The molecule has 3 unspecified atom stereocenters. The number of likely N-dealkylation sites (tertiary alicyclic amines) is 1. The van der Waals surface area contributed by atoms with Crippen molar-refractivity contribution in [2.75, 3.05) is 19.6 Å².